The van der Waals surface area contributed by atoms with Gasteiger partial charge in [-0.1, -0.05) is 311 Å². The topological polar surface area (TPSA) is 237 Å². The minimum Gasteiger partial charge on any atom is -0.462 e. The van der Waals surface area contributed by atoms with Gasteiger partial charge in [0, 0.05) is 25.7 Å². The van der Waals surface area contributed by atoms with Crippen molar-refractivity contribution in [2.24, 2.45) is 5.92 Å². The van der Waals surface area contributed by atoms with Crippen molar-refractivity contribution in [2.75, 3.05) is 39.6 Å². The number of aliphatic hydroxyl groups is 1. The van der Waals surface area contributed by atoms with Gasteiger partial charge in [0.15, 0.2) is 12.2 Å². The van der Waals surface area contributed by atoms with E-state index in [1.807, 2.05) is 0 Å². The molecule has 0 amide bonds. The van der Waals surface area contributed by atoms with E-state index >= 15 is 0 Å². The molecule has 17 nitrogen and oxygen atoms in total. The van der Waals surface area contributed by atoms with Crippen LogP contribution >= 0.6 is 15.6 Å². The second-order valence-corrected chi connectivity index (χ2v) is 28.4. The van der Waals surface area contributed by atoms with Crippen LogP contribution in [0.15, 0.2) is 0 Å². The molecule has 89 heavy (non-hydrogen) atoms. The highest BCUT2D eigenvalue weighted by atomic mass is 31.2. The lowest BCUT2D eigenvalue weighted by Gasteiger charge is -2.21. The number of carbonyl (C=O) groups is 4. The Morgan fingerprint density at radius 1 is 0.315 bits per heavy atom. The van der Waals surface area contributed by atoms with Crippen molar-refractivity contribution < 1.29 is 80.2 Å². The Bertz CT molecular complexity index is 1720. The summed E-state index contributed by atoms with van der Waals surface area (Å²) in [5.41, 5.74) is 0. The Labute approximate surface area is 543 Å². The van der Waals surface area contributed by atoms with Crippen LogP contribution in [0.5, 0.6) is 0 Å². The molecule has 0 saturated carbocycles. The molecule has 0 aromatic rings. The van der Waals surface area contributed by atoms with Crippen molar-refractivity contribution in [3.05, 3.63) is 0 Å². The van der Waals surface area contributed by atoms with Gasteiger partial charge in [-0.2, -0.15) is 0 Å². The van der Waals surface area contributed by atoms with Crippen LogP contribution in [0.1, 0.15) is 362 Å². The lowest BCUT2D eigenvalue weighted by Crippen LogP contribution is -2.30. The molecule has 0 heterocycles. The van der Waals surface area contributed by atoms with Gasteiger partial charge in [0.1, 0.15) is 19.3 Å². The number of unbranched alkanes of at least 4 members (excludes halogenated alkanes) is 41. The monoisotopic (exact) mass is 1310 g/mol. The number of esters is 4. The zero-order valence-corrected chi connectivity index (χ0v) is 59.4. The van der Waals surface area contributed by atoms with E-state index in [2.05, 4.69) is 34.6 Å². The molecule has 0 aromatic heterocycles. The van der Waals surface area contributed by atoms with E-state index < -0.39 is 97.5 Å². The Morgan fingerprint density at radius 3 is 0.798 bits per heavy atom. The summed E-state index contributed by atoms with van der Waals surface area (Å²) < 4.78 is 68.3. The summed E-state index contributed by atoms with van der Waals surface area (Å²) in [7, 11) is -9.90. The molecule has 0 spiro atoms. The normalized spacial score (nSPS) is 14.4. The first-order valence-electron chi connectivity index (χ1n) is 36.7. The number of hydrogen-bond acceptors (Lipinski definition) is 15. The van der Waals surface area contributed by atoms with E-state index in [0.29, 0.717) is 25.7 Å². The number of carbonyl (C=O) groups excluding carboxylic acids is 4. The highest BCUT2D eigenvalue weighted by Crippen LogP contribution is 2.45. The van der Waals surface area contributed by atoms with E-state index in [-0.39, 0.29) is 25.7 Å². The molecule has 0 aliphatic carbocycles. The van der Waals surface area contributed by atoms with Crippen molar-refractivity contribution >= 4 is 39.5 Å². The van der Waals surface area contributed by atoms with Crippen LogP contribution < -0.4 is 0 Å². The molecule has 0 bridgehead atoms. The number of rotatable bonds is 70. The second kappa shape index (κ2) is 63.5. The summed E-state index contributed by atoms with van der Waals surface area (Å²) in [6, 6.07) is 0. The number of phosphoric acid groups is 2. The molecule has 3 unspecified atom stereocenters. The highest BCUT2D eigenvalue weighted by Gasteiger charge is 2.30. The summed E-state index contributed by atoms with van der Waals surface area (Å²) >= 11 is 0. The van der Waals surface area contributed by atoms with Crippen LogP contribution in [-0.2, 0) is 65.4 Å². The molecule has 0 rings (SSSR count). The summed E-state index contributed by atoms with van der Waals surface area (Å²) in [6.45, 7) is 7.26. The fraction of sp³-hybridized carbons (Fsp3) is 0.943. The molecule has 3 N–H and O–H groups in total. The molecule has 0 aliphatic heterocycles. The summed E-state index contributed by atoms with van der Waals surface area (Å²) in [4.78, 5) is 72.5. The van der Waals surface area contributed by atoms with E-state index in [1.54, 1.807) is 0 Å². The molecule has 0 fully saturated rings. The van der Waals surface area contributed by atoms with Crippen LogP contribution in [0.2, 0.25) is 0 Å². The van der Waals surface area contributed by atoms with E-state index in [0.717, 1.165) is 95.8 Å². The van der Waals surface area contributed by atoms with Gasteiger partial charge in [-0.15, -0.1) is 0 Å². The van der Waals surface area contributed by atoms with Gasteiger partial charge in [-0.25, -0.2) is 9.13 Å². The van der Waals surface area contributed by atoms with Crippen LogP contribution in [0.25, 0.3) is 0 Å². The van der Waals surface area contributed by atoms with Crippen LogP contribution in [0.4, 0.5) is 0 Å². The third-order valence-corrected chi connectivity index (χ3v) is 18.5. The molecule has 0 aromatic carbocycles. The first kappa shape index (κ1) is 87.1. The van der Waals surface area contributed by atoms with Gasteiger partial charge in [-0.3, -0.25) is 37.3 Å². The van der Waals surface area contributed by atoms with Crippen LogP contribution in [0, 0.1) is 5.92 Å². The van der Waals surface area contributed by atoms with Crippen LogP contribution in [-0.4, -0.2) is 96.7 Å². The first-order chi connectivity index (χ1) is 43.1. The quantitative estimate of drug-likeness (QED) is 0.0222. The van der Waals surface area contributed by atoms with Crippen molar-refractivity contribution in [1.29, 1.82) is 0 Å². The van der Waals surface area contributed by atoms with E-state index in [9.17, 15) is 43.2 Å². The molecule has 0 saturated heterocycles. The maximum atomic E-state index is 13.0. The van der Waals surface area contributed by atoms with Crippen molar-refractivity contribution in [1.82, 2.24) is 0 Å². The number of aliphatic hydroxyl groups excluding tert-OH is 1. The predicted molar refractivity (Wildman–Crippen MR) is 358 cm³/mol. The minimum atomic E-state index is -4.95. The van der Waals surface area contributed by atoms with Gasteiger partial charge in [0.05, 0.1) is 26.4 Å². The Morgan fingerprint density at radius 2 is 0.539 bits per heavy atom. The Balaban J connectivity index is 5.24. The predicted octanol–water partition coefficient (Wildman–Crippen LogP) is 20.1. The second-order valence-electron chi connectivity index (χ2n) is 25.5. The van der Waals surface area contributed by atoms with Gasteiger partial charge in [0.2, 0.25) is 0 Å². The van der Waals surface area contributed by atoms with Gasteiger partial charge < -0.3 is 33.8 Å². The minimum absolute atomic E-state index is 0.107. The van der Waals surface area contributed by atoms with Gasteiger partial charge >= 0.3 is 39.5 Å². The fourth-order valence-electron chi connectivity index (χ4n) is 10.6. The van der Waals surface area contributed by atoms with E-state index in [1.165, 1.54) is 186 Å². The fourth-order valence-corrected chi connectivity index (χ4v) is 12.2. The number of ether oxygens (including phenoxy) is 4. The summed E-state index contributed by atoms with van der Waals surface area (Å²) in [5, 5.41) is 10.6. The molecular weight excluding hydrogens is 1170 g/mol. The maximum Gasteiger partial charge on any atom is 0.472 e. The smallest absolute Gasteiger partial charge is 0.462 e. The maximum absolute atomic E-state index is 13.0. The highest BCUT2D eigenvalue weighted by molar-refractivity contribution is 7.47. The zero-order valence-electron chi connectivity index (χ0n) is 57.6. The van der Waals surface area contributed by atoms with Gasteiger partial charge in [-0.05, 0) is 31.6 Å². The lowest BCUT2D eigenvalue weighted by atomic mass is 9.99. The molecule has 0 aliphatic rings. The molecule has 6 atom stereocenters. The zero-order chi connectivity index (χ0) is 65.6. The lowest BCUT2D eigenvalue weighted by molar-refractivity contribution is -0.161. The summed E-state index contributed by atoms with van der Waals surface area (Å²) in [6.07, 6.45) is 49.7. The summed E-state index contributed by atoms with van der Waals surface area (Å²) in [5.74, 6) is -1.31. The number of hydrogen-bond donors (Lipinski definition) is 3. The average molecular weight is 1310 g/mol. The Hall–Kier alpha value is -1.94. The Kier molecular flexibility index (Phi) is 62.1. The molecule has 528 valence electrons. The molecule has 19 heteroatoms. The average Bonchev–Trinajstić information content (AvgIpc) is 3.69. The third-order valence-electron chi connectivity index (χ3n) is 16.6. The molecular formula is C70H136O17P2. The van der Waals surface area contributed by atoms with Crippen LogP contribution in [0.3, 0.4) is 0 Å². The third kappa shape index (κ3) is 63.2. The largest absolute Gasteiger partial charge is 0.472 e. The van der Waals surface area contributed by atoms with Crippen molar-refractivity contribution in [3.63, 3.8) is 0 Å². The van der Waals surface area contributed by atoms with E-state index in [4.69, 9.17) is 37.0 Å². The van der Waals surface area contributed by atoms with Crippen molar-refractivity contribution in [2.45, 2.75) is 380 Å². The first-order valence-corrected chi connectivity index (χ1v) is 39.7. The SMILES string of the molecule is CCCCCCCCCCCCCCCCCC(=O)O[C@H](COC(=O)CCCCCCCCCCCCC(C)CC)COP(=O)(O)OC[C@@H](O)COP(=O)(O)OC[C@@H](COC(=O)CCCCCCCCCCC)OC(=O)CCCCCCCCCCCCC. The van der Waals surface area contributed by atoms with Crippen molar-refractivity contribution in [3.8, 4) is 0 Å². The standard InChI is InChI=1S/C70H136O17P2/c1-6-10-13-16-19-22-24-25-26-27-29-36-41-46-51-56-70(75)87-66(60-81-68(73)54-49-44-39-34-31-30-33-37-42-47-52-63(5)9-4)62-85-89(78,79)83-58-64(71)57-82-88(76,77)84-61-65(59-80-67(72)53-48-43-38-32-21-18-15-12-8-3)86-69(74)55-50-45-40-35-28-23-20-17-14-11-7-2/h63-66,71H,6-62H2,1-5H3,(H,76,77)(H,78,79)/t63?,64-,65+,66+/m0/s1. The number of phosphoric ester groups is 2. The van der Waals surface area contributed by atoms with Gasteiger partial charge in [0.25, 0.3) is 0 Å². The molecule has 0 radical (unpaired) electrons.